The predicted molar refractivity (Wildman–Crippen MR) is 122 cm³/mol. The molecule has 0 aliphatic carbocycles. The first-order valence-electron chi connectivity index (χ1n) is 9.11. The van der Waals surface area contributed by atoms with Gasteiger partial charge in [0.05, 0.1) is 5.69 Å². The van der Waals surface area contributed by atoms with Gasteiger partial charge in [0.25, 0.3) is 0 Å². The Morgan fingerprint density at radius 3 is 1.26 bits per heavy atom. The van der Waals surface area contributed by atoms with Gasteiger partial charge in [-0.15, -0.1) is 0 Å². The number of carboxylic acid groups (broad SMARTS) is 1. The number of nitrogens with zero attached hydrogens (tertiary/aromatic N) is 1. The van der Waals surface area contributed by atoms with Crippen LogP contribution in [0.5, 0.6) is 0 Å². The number of carboxylic acids is 1. The number of pyridine rings is 1. The molecule has 2 aromatic rings. The number of hydrogen-bond acceptors (Lipinski definition) is 18. The van der Waals surface area contributed by atoms with Gasteiger partial charge in [-0.2, -0.15) is 0 Å². The second kappa shape index (κ2) is 25.6. The van der Waals surface area contributed by atoms with E-state index in [-0.39, 0.29) is 87.5 Å². The Balaban J connectivity index is -0.000000123. The zero-order valence-electron chi connectivity index (χ0n) is 21.0. The van der Waals surface area contributed by atoms with E-state index < -0.39 is 69.5 Å². The molecule has 0 amide bonds. The monoisotopic (exact) mass is 1470 g/mol. The Morgan fingerprint density at radius 1 is 0.744 bits per heavy atom. The van der Waals surface area contributed by atoms with Crippen LogP contribution in [0.4, 0.5) is 0 Å². The summed E-state index contributed by atoms with van der Waals surface area (Å²) in [6.07, 6.45) is 0. The van der Waals surface area contributed by atoms with Gasteiger partial charge in [-0.05, 0) is 31.5 Å². The van der Waals surface area contributed by atoms with Gasteiger partial charge < -0.3 is 9.67 Å². The average molecular weight is 1470 g/mol. The molecule has 0 spiro atoms. The van der Waals surface area contributed by atoms with Gasteiger partial charge in [-0.25, -0.2) is 4.79 Å². The minimum absolute atomic E-state index is 0. The SMILES string of the molecule is CCn1c(C)cc(=O)c(C(=O)O)c1-c1ccc(Cl)cc1.O=[As]([O-])([O-])[O-].O=[As]([O-])([O-])[O-].O=[As]([O-])([O-])[O-].O=[As]([O-])([O-])[O-].[Pb+4].[Pb+4].[Pb+4]. The third kappa shape index (κ3) is 43.6. The molecule has 0 atom stereocenters. The van der Waals surface area contributed by atoms with E-state index in [9.17, 15) is 14.7 Å². The minimum Gasteiger partial charge on any atom is 4.00 e. The number of aromatic carboxylic acids is 1. The van der Waals surface area contributed by atoms with Crippen LogP contribution in [0.2, 0.25) is 5.02 Å². The van der Waals surface area contributed by atoms with Crippen LogP contribution < -0.4 is 54.6 Å². The van der Waals surface area contributed by atoms with Crippen molar-refractivity contribution < 1.29 is 74.0 Å². The summed E-state index contributed by atoms with van der Waals surface area (Å²) in [6, 6.07) is 8.14. The van der Waals surface area contributed by atoms with Crippen LogP contribution in [0.15, 0.2) is 35.1 Å². The Bertz CT molecular complexity index is 1240. The number of rotatable bonds is 3. The molecule has 1 heterocycles. The predicted octanol–water partition coefficient (Wildman–Crippen LogP) is -14.2. The molecule has 0 saturated carbocycles. The quantitative estimate of drug-likeness (QED) is 0.279. The van der Waals surface area contributed by atoms with E-state index in [1.165, 1.54) is 6.07 Å². The van der Waals surface area contributed by atoms with Gasteiger partial charge in [0.2, 0.25) is 0 Å². The number of benzene rings is 1. The Hall–Kier alpha value is 1.65. The number of hydrogen-bond donors (Lipinski definition) is 1. The fourth-order valence-electron chi connectivity index (χ4n) is 2.29. The van der Waals surface area contributed by atoms with Crippen molar-refractivity contribution in [1.29, 1.82) is 0 Å². The normalized spacial score (nSPS) is 10.4. The van der Waals surface area contributed by atoms with Crippen molar-refractivity contribution in [3.8, 4) is 11.3 Å². The smallest absolute Gasteiger partial charge is 4.00 e. The third-order valence-corrected chi connectivity index (χ3v) is 3.42. The molecule has 1 aromatic heterocycles. The van der Waals surface area contributed by atoms with Crippen molar-refractivity contribution in [3.05, 3.63) is 56.8 Å². The van der Waals surface area contributed by atoms with Gasteiger partial charge in [0.15, 0.2) is 5.43 Å². The molecule has 232 valence electrons. The summed E-state index contributed by atoms with van der Waals surface area (Å²) in [6.45, 7) is 4.27. The summed E-state index contributed by atoms with van der Waals surface area (Å²) in [7, 11) is 0. The van der Waals surface area contributed by atoms with Gasteiger partial charge in [-0.1, -0.05) is 23.7 Å². The molecule has 0 radical (unpaired) electrons. The van der Waals surface area contributed by atoms with Gasteiger partial charge in [0.1, 0.15) is 5.56 Å². The molecule has 20 nitrogen and oxygen atoms in total. The standard InChI is InChI=1S/C15H14ClNO3.4AsH3O4.3Pb/c1-3-17-9(2)8-12(18)13(15(19)20)14(17)10-4-6-11(16)7-5-10;4*2-1(3,4)5;;;/h4-8H,3H2,1-2H3,(H,19,20);4*(H3,2,3,4,5);;;/q;;;;;3*+4/p-12. The number of aromatic nitrogens is 1. The van der Waals surface area contributed by atoms with E-state index in [0.717, 1.165) is 5.69 Å². The van der Waals surface area contributed by atoms with Gasteiger partial charge in [-0.3, -0.25) is 4.79 Å². The molecule has 0 aliphatic rings. The summed E-state index contributed by atoms with van der Waals surface area (Å²) >= 11 is -17.6. The maximum atomic E-state index is 12.0. The molecule has 2 rings (SSSR count). The molecule has 1 N–H and O–H groups in total. The number of carbonyl (C=O) groups is 1. The fraction of sp³-hybridized carbons (Fsp3) is 0.200. The van der Waals surface area contributed by atoms with Crippen molar-refractivity contribution >= 4 is 158 Å². The molecular formula is C15H14As4ClNO19Pb3. The van der Waals surface area contributed by atoms with Gasteiger partial charge in [0, 0.05) is 23.3 Å². The van der Waals surface area contributed by atoms with Crippen molar-refractivity contribution in [1.82, 2.24) is 4.57 Å². The Kier molecular flexibility index (Phi) is 34.0. The molecule has 0 aliphatic heterocycles. The maximum Gasteiger partial charge on any atom is 4.00 e. The third-order valence-electron chi connectivity index (χ3n) is 3.17. The maximum absolute atomic E-state index is 12.0. The summed E-state index contributed by atoms with van der Waals surface area (Å²) < 4.78 is 140. The number of aryl methyl sites for hydroxylation is 1. The zero-order valence-corrected chi connectivity index (χ0v) is 40.9. The van der Waals surface area contributed by atoms with E-state index in [4.69, 9.17) is 75.7 Å². The Morgan fingerprint density at radius 2 is 1.02 bits per heavy atom. The van der Waals surface area contributed by atoms with Crippen LogP contribution in [0.3, 0.4) is 0 Å². The summed E-state index contributed by atoms with van der Waals surface area (Å²) in [5, 5.41) is 9.89. The van der Waals surface area contributed by atoms with E-state index in [0.29, 0.717) is 22.8 Å². The average Bonchev–Trinajstić information content (AvgIpc) is 2.62. The van der Waals surface area contributed by atoms with E-state index >= 15 is 0 Å². The van der Waals surface area contributed by atoms with Gasteiger partial charge >= 0.3 is 210 Å². The van der Waals surface area contributed by atoms with Crippen LogP contribution in [0.25, 0.3) is 11.3 Å². The second-order valence-electron chi connectivity index (χ2n) is 6.22. The molecule has 43 heavy (non-hydrogen) atoms. The number of halogens is 1. The molecule has 28 heteroatoms. The minimum atomic E-state index is -5.88. The van der Waals surface area contributed by atoms with Crippen LogP contribution in [0.1, 0.15) is 23.0 Å². The van der Waals surface area contributed by atoms with Crippen LogP contribution in [-0.2, 0) is 21.5 Å². The summed E-state index contributed by atoms with van der Waals surface area (Å²) in [5.41, 5.74) is 1.12. The van der Waals surface area contributed by atoms with E-state index in [1.54, 1.807) is 31.2 Å². The molecule has 0 fully saturated rings. The van der Waals surface area contributed by atoms with Crippen molar-refractivity contribution in [3.63, 3.8) is 0 Å². The summed E-state index contributed by atoms with van der Waals surface area (Å²) in [4.78, 5) is 23.4. The molecule has 0 bridgehead atoms. The van der Waals surface area contributed by atoms with Crippen LogP contribution in [-0.4, -0.2) is 156 Å². The second-order valence-corrected chi connectivity index (χ2v) is 14.2. The van der Waals surface area contributed by atoms with Crippen molar-refractivity contribution in [2.24, 2.45) is 0 Å². The zero-order chi connectivity index (χ0) is 32.9. The Labute approximate surface area is 320 Å². The molecular weight excluding hydrogens is 1450 g/mol. The largest absolute Gasteiger partial charge is 4.00 e. The first kappa shape index (κ1) is 56.9. The first-order chi connectivity index (χ1) is 17.5. The van der Waals surface area contributed by atoms with Crippen LogP contribution >= 0.6 is 11.6 Å². The van der Waals surface area contributed by atoms with Crippen molar-refractivity contribution in [2.75, 3.05) is 0 Å². The molecule has 0 unspecified atom stereocenters. The summed E-state index contributed by atoms with van der Waals surface area (Å²) in [5.74, 6) is -1.22. The molecule has 1 aromatic carbocycles. The van der Waals surface area contributed by atoms with Crippen molar-refractivity contribution in [2.45, 2.75) is 20.4 Å². The van der Waals surface area contributed by atoms with E-state index in [2.05, 4.69) is 0 Å². The van der Waals surface area contributed by atoms with Crippen LogP contribution in [0, 0.1) is 6.92 Å². The topological polar surface area (TPSA) is 404 Å². The van der Waals surface area contributed by atoms with E-state index in [1.807, 2.05) is 11.5 Å². The first-order valence-corrected chi connectivity index (χ1v) is 21.7. The fourth-order valence-corrected chi connectivity index (χ4v) is 2.42. The molecule has 0 saturated heterocycles.